The van der Waals surface area contributed by atoms with Gasteiger partial charge in [0.15, 0.2) is 0 Å². The van der Waals surface area contributed by atoms with Crippen LogP contribution in [0.4, 0.5) is 5.95 Å². The lowest BCUT2D eigenvalue weighted by atomic mass is 10.3. The van der Waals surface area contributed by atoms with E-state index in [-0.39, 0.29) is 6.04 Å². The van der Waals surface area contributed by atoms with E-state index in [1.807, 2.05) is 18.9 Å². The molecule has 0 spiro atoms. The summed E-state index contributed by atoms with van der Waals surface area (Å²) in [6.45, 7) is 4.75. The van der Waals surface area contributed by atoms with Gasteiger partial charge in [-0.05, 0) is 13.3 Å². The molecular weight excluding hydrogens is 226 g/mol. The van der Waals surface area contributed by atoms with E-state index in [0.29, 0.717) is 24.3 Å². The van der Waals surface area contributed by atoms with E-state index in [2.05, 4.69) is 16.9 Å². The molecule has 1 aromatic rings. The molecule has 0 aliphatic carbocycles. The number of ether oxygens (including phenoxy) is 1. The molecule has 0 aliphatic heterocycles. The van der Waals surface area contributed by atoms with Crippen LogP contribution in [0, 0.1) is 0 Å². The van der Waals surface area contributed by atoms with E-state index in [4.69, 9.17) is 16.3 Å². The molecule has 1 aromatic heterocycles. The van der Waals surface area contributed by atoms with Gasteiger partial charge in [0.25, 0.3) is 0 Å². The summed E-state index contributed by atoms with van der Waals surface area (Å²) in [5.41, 5.74) is 0. The third-order valence-corrected chi connectivity index (χ3v) is 2.72. The fraction of sp³-hybridized carbons (Fsp3) is 0.636. The Bertz CT molecular complexity index is 322. The van der Waals surface area contributed by atoms with E-state index in [1.54, 1.807) is 12.3 Å². The van der Waals surface area contributed by atoms with Crippen molar-refractivity contribution >= 4 is 17.5 Å². The Morgan fingerprint density at radius 1 is 1.56 bits per heavy atom. The minimum absolute atomic E-state index is 0.197. The van der Waals surface area contributed by atoms with E-state index >= 15 is 0 Å². The Labute approximate surface area is 102 Å². The molecule has 0 radical (unpaired) electrons. The van der Waals surface area contributed by atoms with Crippen LogP contribution < -0.4 is 9.64 Å². The lowest BCUT2D eigenvalue weighted by Gasteiger charge is -2.22. The van der Waals surface area contributed by atoms with Crippen molar-refractivity contribution in [1.29, 1.82) is 0 Å². The van der Waals surface area contributed by atoms with Gasteiger partial charge in [0.05, 0.1) is 6.61 Å². The zero-order valence-electron chi connectivity index (χ0n) is 9.98. The fourth-order valence-corrected chi connectivity index (χ4v) is 1.30. The number of hydrogen-bond acceptors (Lipinski definition) is 4. The van der Waals surface area contributed by atoms with Gasteiger partial charge < -0.3 is 9.64 Å². The van der Waals surface area contributed by atoms with Crippen LogP contribution in [0.2, 0.25) is 0 Å². The van der Waals surface area contributed by atoms with E-state index < -0.39 is 0 Å². The predicted octanol–water partition coefficient (Wildman–Crippen LogP) is 2.33. The topological polar surface area (TPSA) is 38.2 Å². The van der Waals surface area contributed by atoms with E-state index in [9.17, 15) is 0 Å². The molecule has 5 heteroatoms. The highest BCUT2D eigenvalue weighted by molar-refractivity contribution is 6.18. The van der Waals surface area contributed by atoms with Crippen LogP contribution in [0.3, 0.4) is 0 Å². The van der Waals surface area contributed by atoms with Gasteiger partial charge in [0, 0.05) is 31.2 Å². The van der Waals surface area contributed by atoms with Gasteiger partial charge in [-0.2, -0.15) is 4.98 Å². The zero-order chi connectivity index (χ0) is 12.0. The maximum atomic E-state index is 5.79. The van der Waals surface area contributed by atoms with Crippen molar-refractivity contribution in [3.8, 4) is 5.88 Å². The highest BCUT2D eigenvalue weighted by Gasteiger charge is 2.11. The molecule has 0 saturated heterocycles. The number of aromatic nitrogens is 2. The van der Waals surface area contributed by atoms with Crippen molar-refractivity contribution in [3.05, 3.63) is 12.3 Å². The molecule has 0 saturated carbocycles. The summed E-state index contributed by atoms with van der Waals surface area (Å²) >= 11 is 5.79. The molecular formula is C11H18ClN3O. The van der Waals surface area contributed by atoms with Gasteiger partial charge in [-0.3, -0.25) is 0 Å². The molecule has 1 heterocycles. The van der Waals surface area contributed by atoms with Crippen LogP contribution in [0.1, 0.15) is 20.3 Å². The molecule has 1 atom stereocenters. The molecule has 0 aliphatic rings. The molecule has 1 unspecified atom stereocenters. The first-order valence-electron chi connectivity index (χ1n) is 5.43. The monoisotopic (exact) mass is 243 g/mol. The summed E-state index contributed by atoms with van der Waals surface area (Å²) in [5.74, 6) is 1.79. The number of halogens is 1. The van der Waals surface area contributed by atoms with Crippen LogP contribution in [0.15, 0.2) is 12.3 Å². The third-order valence-electron chi connectivity index (χ3n) is 2.27. The van der Waals surface area contributed by atoms with Crippen molar-refractivity contribution in [2.75, 3.05) is 24.4 Å². The lowest BCUT2D eigenvalue weighted by Crippen LogP contribution is -2.31. The summed E-state index contributed by atoms with van der Waals surface area (Å²) in [6.07, 6.45) is 2.66. The number of alkyl halides is 1. The average Bonchev–Trinajstić information content (AvgIpc) is 2.34. The quantitative estimate of drug-likeness (QED) is 0.719. The van der Waals surface area contributed by atoms with E-state index in [0.717, 1.165) is 6.42 Å². The highest BCUT2D eigenvalue weighted by Crippen LogP contribution is 2.14. The first-order valence-corrected chi connectivity index (χ1v) is 5.97. The van der Waals surface area contributed by atoms with Crippen LogP contribution in [-0.4, -0.2) is 35.5 Å². The lowest BCUT2D eigenvalue weighted by molar-refractivity contribution is 0.304. The molecule has 0 amide bonds. The Hall–Kier alpha value is -1.03. The van der Waals surface area contributed by atoms with Crippen molar-refractivity contribution in [1.82, 2.24) is 9.97 Å². The minimum atomic E-state index is 0.197. The molecule has 0 aromatic carbocycles. The summed E-state index contributed by atoms with van der Waals surface area (Å²) in [7, 11) is 1.92. The zero-order valence-corrected chi connectivity index (χ0v) is 10.7. The Kier molecular flexibility index (Phi) is 5.32. The second-order valence-electron chi connectivity index (χ2n) is 3.66. The number of rotatable bonds is 6. The van der Waals surface area contributed by atoms with Crippen LogP contribution in [-0.2, 0) is 0 Å². The molecule has 90 valence electrons. The molecule has 0 fully saturated rings. The molecule has 0 bridgehead atoms. The van der Waals surface area contributed by atoms with Crippen LogP contribution >= 0.6 is 11.6 Å². The van der Waals surface area contributed by atoms with Gasteiger partial charge in [-0.25, -0.2) is 4.98 Å². The number of hydrogen-bond donors (Lipinski definition) is 0. The fourth-order valence-electron chi connectivity index (χ4n) is 1.09. The smallest absolute Gasteiger partial charge is 0.228 e. The maximum absolute atomic E-state index is 5.79. The van der Waals surface area contributed by atoms with Gasteiger partial charge in [-0.15, -0.1) is 11.6 Å². The standard InChI is InChI=1S/C11H18ClN3O/c1-4-7-16-10-5-6-13-11(14-10)15(3)9(2)8-12/h5-6,9H,4,7-8H2,1-3H3. The van der Waals surface area contributed by atoms with Gasteiger partial charge in [0.1, 0.15) is 0 Å². The van der Waals surface area contributed by atoms with Crippen LogP contribution in [0.25, 0.3) is 0 Å². The Balaban J connectivity index is 2.73. The molecule has 1 rings (SSSR count). The summed E-state index contributed by atoms with van der Waals surface area (Å²) in [6, 6.07) is 1.96. The average molecular weight is 244 g/mol. The maximum Gasteiger partial charge on any atom is 0.228 e. The number of nitrogens with zero attached hydrogens (tertiary/aromatic N) is 3. The second-order valence-corrected chi connectivity index (χ2v) is 3.97. The molecule has 4 nitrogen and oxygen atoms in total. The Morgan fingerprint density at radius 3 is 2.94 bits per heavy atom. The normalized spacial score (nSPS) is 12.2. The summed E-state index contributed by atoms with van der Waals surface area (Å²) in [5, 5.41) is 0. The molecule has 16 heavy (non-hydrogen) atoms. The second kappa shape index (κ2) is 6.53. The predicted molar refractivity (Wildman–Crippen MR) is 66.4 cm³/mol. The minimum Gasteiger partial charge on any atom is -0.478 e. The van der Waals surface area contributed by atoms with Crippen LogP contribution in [0.5, 0.6) is 5.88 Å². The molecule has 0 N–H and O–H groups in total. The SMILES string of the molecule is CCCOc1ccnc(N(C)C(C)CCl)n1. The van der Waals surface area contributed by atoms with Crippen molar-refractivity contribution < 1.29 is 4.74 Å². The van der Waals surface area contributed by atoms with Gasteiger partial charge in [0.2, 0.25) is 11.8 Å². The Morgan fingerprint density at radius 2 is 2.31 bits per heavy atom. The van der Waals surface area contributed by atoms with Crippen molar-refractivity contribution in [2.24, 2.45) is 0 Å². The highest BCUT2D eigenvalue weighted by atomic mass is 35.5. The van der Waals surface area contributed by atoms with Crippen molar-refractivity contribution in [2.45, 2.75) is 26.3 Å². The first kappa shape index (κ1) is 13.0. The van der Waals surface area contributed by atoms with Crippen molar-refractivity contribution in [3.63, 3.8) is 0 Å². The first-order chi connectivity index (χ1) is 7.69. The largest absolute Gasteiger partial charge is 0.478 e. The van der Waals surface area contributed by atoms with Gasteiger partial charge in [-0.1, -0.05) is 6.92 Å². The third kappa shape index (κ3) is 3.52. The summed E-state index contributed by atoms with van der Waals surface area (Å²) in [4.78, 5) is 10.4. The van der Waals surface area contributed by atoms with Gasteiger partial charge >= 0.3 is 0 Å². The summed E-state index contributed by atoms with van der Waals surface area (Å²) < 4.78 is 5.45. The number of anilines is 1. The van der Waals surface area contributed by atoms with E-state index in [1.165, 1.54) is 0 Å².